The number of hydrazine groups is 1. The van der Waals surface area contributed by atoms with Crippen molar-refractivity contribution < 1.29 is 22.7 Å². The minimum Gasteiger partial charge on any atom is -0.487 e. The van der Waals surface area contributed by atoms with Crippen molar-refractivity contribution in [3.8, 4) is 5.75 Å². The van der Waals surface area contributed by atoms with E-state index < -0.39 is 17.6 Å². The van der Waals surface area contributed by atoms with E-state index in [0.29, 0.717) is 5.69 Å². The summed E-state index contributed by atoms with van der Waals surface area (Å²) in [7, 11) is 0. The molecule has 112 valence electrons. The molecule has 0 aliphatic heterocycles. The Morgan fingerprint density at radius 1 is 1.33 bits per heavy atom. The number of nitrogens with zero attached hydrogens (tertiary/aromatic N) is 1. The van der Waals surface area contributed by atoms with Crippen molar-refractivity contribution in [1.29, 1.82) is 0 Å². The van der Waals surface area contributed by atoms with Gasteiger partial charge >= 0.3 is 6.18 Å². The number of nitrogen functional groups attached to an aromatic ring is 1. The lowest BCUT2D eigenvalue weighted by Gasteiger charge is -2.08. The SMILES string of the molecule is NNC(=O)c1nc(COc2ccc(C(F)(F)F)cc2)cs1. The Morgan fingerprint density at radius 2 is 2.00 bits per heavy atom. The first-order valence-electron chi connectivity index (χ1n) is 5.65. The van der Waals surface area contributed by atoms with Gasteiger partial charge in [-0.15, -0.1) is 11.3 Å². The van der Waals surface area contributed by atoms with Crippen molar-refractivity contribution >= 4 is 17.2 Å². The van der Waals surface area contributed by atoms with Crippen LogP contribution in [-0.2, 0) is 12.8 Å². The number of carbonyl (C=O) groups excluding carboxylic acids is 1. The van der Waals surface area contributed by atoms with Crippen molar-refractivity contribution in [3.05, 3.63) is 45.9 Å². The summed E-state index contributed by atoms with van der Waals surface area (Å²) in [6.07, 6.45) is -4.38. The zero-order chi connectivity index (χ0) is 15.5. The van der Waals surface area contributed by atoms with Crippen LogP contribution in [0.1, 0.15) is 21.1 Å². The lowest BCUT2D eigenvalue weighted by atomic mass is 10.2. The number of nitrogens with two attached hydrogens (primary N) is 1. The Bertz CT molecular complexity index is 625. The van der Waals surface area contributed by atoms with E-state index in [0.717, 1.165) is 23.5 Å². The molecule has 0 spiro atoms. The minimum absolute atomic E-state index is 0.0414. The normalized spacial score (nSPS) is 11.2. The Morgan fingerprint density at radius 3 is 2.57 bits per heavy atom. The summed E-state index contributed by atoms with van der Waals surface area (Å²) in [5.74, 6) is 4.74. The second-order valence-electron chi connectivity index (χ2n) is 3.93. The highest BCUT2D eigenvalue weighted by molar-refractivity contribution is 7.11. The molecule has 2 rings (SSSR count). The average Bonchev–Trinajstić information content (AvgIpc) is 2.92. The van der Waals surface area contributed by atoms with Crippen molar-refractivity contribution in [1.82, 2.24) is 10.4 Å². The molecule has 0 bridgehead atoms. The van der Waals surface area contributed by atoms with Gasteiger partial charge in [0.15, 0.2) is 5.01 Å². The number of ether oxygens (including phenoxy) is 1. The topological polar surface area (TPSA) is 77.2 Å². The van der Waals surface area contributed by atoms with Crippen molar-refractivity contribution in [2.45, 2.75) is 12.8 Å². The van der Waals surface area contributed by atoms with Crippen molar-refractivity contribution in [2.24, 2.45) is 5.84 Å². The van der Waals surface area contributed by atoms with E-state index >= 15 is 0 Å². The molecule has 0 atom stereocenters. The van der Waals surface area contributed by atoms with Crippen LogP contribution in [0.4, 0.5) is 13.2 Å². The fourth-order valence-electron chi connectivity index (χ4n) is 1.44. The fourth-order valence-corrected chi connectivity index (χ4v) is 2.14. The monoisotopic (exact) mass is 317 g/mol. The first kappa shape index (κ1) is 15.3. The molecule has 1 aromatic heterocycles. The molecule has 0 aliphatic rings. The third kappa shape index (κ3) is 3.92. The highest BCUT2D eigenvalue weighted by atomic mass is 32.1. The maximum atomic E-state index is 12.4. The van der Waals surface area contributed by atoms with Gasteiger partial charge in [0.25, 0.3) is 5.91 Å². The number of thiazole rings is 1. The minimum atomic E-state index is -4.38. The number of benzene rings is 1. The Hall–Kier alpha value is -2.13. The van der Waals surface area contributed by atoms with Gasteiger partial charge in [0.1, 0.15) is 12.4 Å². The van der Waals surface area contributed by atoms with Crippen LogP contribution in [-0.4, -0.2) is 10.9 Å². The lowest BCUT2D eigenvalue weighted by molar-refractivity contribution is -0.137. The largest absolute Gasteiger partial charge is 0.487 e. The number of rotatable bonds is 4. The Kier molecular flexibility index (Phi) is 4.43. The summed E-state index contributed by atoms with van der Waals surface area (Å²) in [5, 5.41) is 1.79. The summed E-state index contributed by atoms with van der Waals surface area (Å²) >= 11 is 1.09. The first-order valence-corrected chi connectivity index (χ1v) is 6.53. The van der Waals surface area contributed by atoms with Crippen LogP contribution in [0.15, 0.2) is 29.6 Å². The molecule has 0 radical (unpaired) electrons. The van der Waals surface area contributed by atoms with Gasteiger partial charge in [0.05, 0.1) is 11.3 Å². The molecule has 3 N–H and O–H groups in total. The Balaban J connectivity index is 1.97. The number of nitrogens with one attached hydrogen (secondary N) is 1. The average molecular weight is 317 g/mol. The summed E-state index contributed by atoms with van der Waals surface area (Å²) in [6.45, 7) is 0.0414. The van der Waals surface area contributed by atoms with Crippen molar-refractivity contribution in [2.75, 3.05) is 0 Å². The zero-order valence-electron chi connectivity index (χ0n) is 10.5. The maximum absolute atomic E-state index is 12.4. The number of aromatic nitrogens is 1. The highest BCUT2D eigenvalue weighted by Crippen LogP contribution is 2.30. The molecule has 0 saturated heterocycles. The van der Waals surface area contributed by atoms with Crippen LogP contribution in [0.5, 0.6) is 5.75 Å². The molecule has 0 fully saturated rings. The van der Waals surface area contributed by atoms with Gasteiger partial charge in [0.2, 0.25) is 0 Å². The van der Waals surface area contributed by atoms with Gasteiger partial charge in [0, 0.05) is 5.38 Å². The number of carbonyl (C=O) groups is 1. The lowest BCUT2D eigenvalue weighted by Crippen LogP contribution is -2.29. The molecular formula is C12H10F3N3O2S. The fraction of sp³-hybridized carbons (Fsp3) is 0.167. The van der Waals surface area contributed by atoms with Crippen LogP contribution in [0.25, 0.3) is 0 Å². The van der Waals surface area contributed by atoms with Gasteiger partial charge < -0.3 is 4.74 Å². The van der Waals surface area contributed by atoms with Crippen LogP contribution >= 0.6 is 11.3 Å². The van der Waals surface area contributed by atoms with E-state index in [1.165, 1.54) is 12.1 Å². The number of alkyl halides is 3. The standard InChI is InChI=1S/C12H10F3N3O2S/c13-12(14,15)7-1-3-9(4-2-7)20-5-8-6-21-11(17-8)10(19)18-16/h1-4,6H,5,16H2,(H,18,19). The second kappa shape index (κ2) is 6.10. The number of halogens is 3. The van der Waals surface area contributed by atoms with E-state index in [-0.39, 0.29) is 17.4 Å². The smallest absolute Gasteiger partial charge is 0.416 e. The first-order chi connectivity index (χ1) is 9.90. The molecule has 5 nitrogen and oxygen atoms in total. The summed E-state index contributed by atoms with van der Waals surface area (Å²) in [5.41, 5.74) is 1.69. The van der Waals surface area contributed by atoms with E-state index in [1.807, 2.05) is 5.43 Å². The third-order valence-electron chi connectivity index (χ3n) is 2.45. The van der Waals surface area contributed by atoms with Crippen LogP contribution < -0.4 is 16.0 Å². The Labute approximate surface area is 121 Å². The van der Waals surface area contributed by atoms with Crippen LogP contribution in [0.3, 0.4) is 0 Å². The third-order valence-corrected chi connectivity index (χ3v) is 3.34. The number of hydrogen-bond acceptors (Lipinski definition) is 5. The molecule has 0 unspecified atom stereocenters. The van der Waals surface area contributed by atoms with E-state index in [9.17, 15) is 18.0 Å². The molecular weight excluding hydrogens is 307 g/mol. The van der Waals surface area contributed by atoms with Gasteiger partial charge in [-0.2, -0.15) is 13.2 Å². The second-order valence-corrected chi connectivity index (χ2v) is 4.79. The number of amides is 1. The van der Waals surface area contributed by atoms with Gasteiger partial charge in [-0.1, -0.05) is 0 Å². The van der Waals surface area contributed by atoms with E-state index in [1.54, 1.807) is 5.38 Å². The summed E-state index contributed by atoms with van der Waals surface area (Å²) in [6, 6.07) is 4.32. The van der Waals surface area contributed by atoms with E-state index in [2.05, 4.69) is 4.98 Å². The van der Waals surface area contributed by atoms with Crippen LogP contribution in [0, 0.1) is 0 Å². The maximum Gasteiger partial charge on any atom is 0.416 e. The quantitative estimate of drug-likeness (QED) is 0.515. The summed E-state index contributed by atoms with van der Waals surface area (Å²) < 4.78 is 42.5. The predicted octanol–water partition coefficient (Wildman–Crippen LogP) is 2.34. The highest BCUT2D eigenvalue weighted by Gasteiger charge is 2.30. The van der Waals surface area contributed by atoms with Gasteiger partial charge in [-0.05, 0) is 24.3 Å². The molecule has 0 saturated carbocycles. The molecule has 21 heavy (non-hydrogen) atoms. The van der Waals surface area contributed by atoms with E-state index in [4.69, 9.17) is 10.6 Å². The number of hydrogen-bond donors (Lipinski definition) is 2. The molecule has 1 amide bonds. The van der Waals surface area contributed by atoms with Crippen LogP contribution in [0.2, 0.25) is 0 Å². The molecule has 9 heteroatoms. The zero-order valence-corrected chi connectivity index (χ0v) is 11.3. The van der Waals surface area contributed by atoms with Gasteiger partial charge in [-0.3, -0.25) is 10.2 Å². The predicted molar refractivity (Wildman–Crippen MR) is 69.5 cm³/mol. The summed E-state index contributed by atoms with van der Waals surface area (Å²) in [4.78, 5) is 15.2. The van der Waals surface area contributed by atoms with Gasteiger partial charge in [-0.25, -0.2) is 10.8 Å². The molecule has 2 aromatic rings. The molecule has 1 heterocycles. The molecule has 1 aromatic carbocycles. The van der Waals surface area contributed by atoms with Crippen molar-refractivity contribution in [3.63, 3.8) is 0 Å². The molecule has 0 aliphatic carbocycles.